The Balaban J connectivity index is -0.000000116. The van der Waals surface area contributed by atoms with Gasteiger partial charge in [-0.1, -0.05) is 33.1 Å². The molecule has 0 radical (unpaired) electrons. The van der Waals surface area contributed by atoms with Crippen LogP contribution in [0.5, 0.6) is 0 Å². The Hall–Kier alpha value is -0.0505. The number of rotatable bonds is 4. The van der Waals surface area contributed by atoms with Crippen LogP contribution < -0.4 is 5.32 Å². The van der Waals surface area contributed by atoms with E-state index < -0.39 is 5.97 Å². The van der Waals surface area contributed by atoms with Crippen LogP contribution in [0.2, 0.25) is 0 Å². The molecule has 0 aromatic carbocycles. The van der Waals surface area contributed by atoms with Gasteiger partial charge < -0.3 is 25.3 Å². The first-order valence-electron chi connectivity index (χ1n) is 7.08. The maximum Gasteiger partial charge on any atom is 2.00 e. The Morgan fingerprint density at radius 3 is 1.71 bits per heavy atom. The van der Waals surface area contributed by atoms with Gasteiger partial charge in [0.2, 0.25) is 0 Å². The zero-order chi connectivity index (χ0) is 12.5. The maximum atomic E-state index is 10.2. The van der Waals surface area contributed by atoms with Gasteiger partial charge in [0.05, 0.1) is 0 Å². The molecule has 2 aliphatic rings. The van der Waals surface area contributed by atoms with Gasteiger partial charge in [-0.05, 0) is 51.1 Å². The quantitative estimate of drug-likeness (QED) is 0.580. The molecule has 0 saturated heterocycles. The van der Waals surface area contributed by atoms with Crippen LogP contribution in [0.15, 0.2) is 0 Å². The fourth-order valence-electron chi connectivity index (χ4n) is 2.96. The molecule has 0 aromatic heterocycles. The molecule has 0 amide bonds. The second kappa shape index (κ2) is 18.0. The Morgan fingerprint density at radius 1 is 1.00 bits per heavy atom. The molecule has 0 unspecified atom stereocenters. The number of nitrogens with one attached hydrogen (secondary N) is 1. The maximum absolute atomic E-state index is 10.2. The summed E-state index contributed by atoms with van der Waals surface area (Å²) < 4.78 is 0. The smallest absolute Gasteiger partial charge is 0.481 e. The van der Waals surface area contributed by atoms with Gasteiger partial charge in [0.1, 0.15) is 0 Å². The average Bonchev–Trinajstić information content (AvgIpc) is 2.91. The summed E-state index contributed by atoms with van der Waals surface area (Å²) >= 11 is 0. The molecule has 3 nitrogen and oxygen atoms in total. The van der Waals surface area contributed by atoms with Crippen LogP contribution in [0.4, 0.5) is 0 Å². The Morgan fingerprint density at radius 2 is 1.38 bits per heavy atom. The van der Waals surface area contributed by atoms with Crippen LogP contribution in [0.25, 0.3) is 0 Å². The molecule has 2 aliphatic carbocycles. The van der Waals surface area contributed by atoms with Gasteiger partial charge in [0, 0.05) is 6.42 Å². The summed E-state index contributed by atoms with van der Waals surface area (Å²) in [5.74, 6) is 0.851. The molecule has 130 valence electrons. The van der Waals surface area contributed by atoms with E-state index in [0.717, 1.165) is 18.8 Å². The standard InChI is InChI=1S/C7H15N.C7H12O2.CH4.2CH3.Fe/c1-8-6-7-4-2-3-5-7;8-7(9)5-6-3-1-2-4-6;;;;/h7-8H,2-6H2,1H3;6H,1-5H2,(H,8,9);1H4;2*1H3;/q;;;2*-1;+2. The zero-order valence-corrected chi connectivity index (χ0v) is 14.5. The molecule has 0 spiro atoms. The summed E-state index contributed by atoms with van der Waals surface area (Å²) in [6.07, 6.45) is 11.0. The molecule has 0 heterocycles. The molecule has 21 heavy (non-hydrogen) atoms. The van der Waals surface area contributed by atoms with E-state index in [-0.39, 0.29) is 39.3 Å². The van der Waals surface area contributed by atoms with Crippen molar-refractivity contribution in [2.45, 2.75) is 65.2 Å². The monoisotopic (exact) mass is 343 g/mol. The topological polar surface area (TPSA) is 49.3 Å². The Kier molecular flexibility index (Phi) is 24.9. The van der Waals surface area contributed by atoms with Gasteiger partial charge in [0.25, 0.3) is 0 Å². The molecule has 2 rings (SSSR count). The fraction of sp³-hybridized carbons (Fsp3) is 0.824. The second-order valence-corrected chi connectivity index (χ2v) is 5.46. The van der Waals surface area contributed by atoms with E-state index in [4.69, 9.17) is 5.11 Å². The van der Waals surface area contributed by atoms with Crippen molar-refractivity contribution < 1.29 is 27.0 Å². The van der Waals surface area contributed by atoms with Gasteiger partial charge in [-0.2, -0.15) is 0 Å². The van der Waals surface area contributed by atoms with E-state index >= 15 is 0 Å². The molecule has 4 heteroatoms. The molecule has 0 aliphatic heterocycles. The predicted octanol–water partition coefficient (Wildman–Crippen LogP) is 4.58. The first kappa shape index (κ1) is 29.0. The second-order valence-electron chi connectivity index (χ2n) is 5.46. The Labute approximate surface area is 144 Å². The largest absolute Gasteiger partial charge is 2.00 e. The number of carboxylic acid groups (broad SMARTS) is 1. The first-order chi connectivity index (χ1) is 8.22. The molecule has 2 saturated carbocycles. The predicted molar refractivity (Wildman–Crippen MR) is 89.7 cm³/mol. The molecule has 0 aromatic rings. The van der Waals surface area contributed by atoms with Crippen molar-refractivity contribution in [3.05, 3.63) is 14.9 Å². The van der Waals surface area contributed by atoms with Crippen molar-refractivity contribution in [3.63, 3.8) is 0 Å². The van der Waals surface area contributed by atoms with Gasteiger partial charge in [0.15, 0.2) is 0 Å². The van der Waals surface area contributed by atoms with E-state index in [9.17, 15) is 4.79 Å². The van der Waals surface area contributed by atoms with E-state index in [2.05, 4.69) is 5.32 Å². The molecule has 2 fully saturated rings. The van der Waals surface area contributed by atoms with Gasteiger partial charge in [-0.25, -0.2) is 0 Å². The molecule has 0 atom stereocenters. The number of carboxylic acids is 1. The van der Waals surface area contributed by atoms with Crippen molar-refractivity contribution in [3.8, 4) is 0 Å². The van der Waals surface area contributed by atoms with Gasteiger partial charge in [-0.3, -0.25) is 4.79 Å². The van der Waals surface area contributed by atoms with Crippen molar-refractivity contribution in [1.29, 1.82) is 0 Å². The van der Waals surface area contributed by atoms with Crippen molar-refractivity contribution in [2.75, 3.05) is 13.6 Å². The zero-order valence-electron chi connectivity index (χ0n) is 13.4. The fourth-order valence-corrected chi connectivity index (χ4v) is 2.96. The minimum atomic E-state index is -0.637. The number of aliphatic carboxylic acids is 1. The van der Waals surface area contributed by atoms with Crippen LogP contribution in [0.1, 0.15) is 65.2 Å². The van der Waals surface area contributed by atoms with Crippen molar-refractivity contribution in [2.24, 2.45) is 11.8 Å². The van der Waals surface area contributed by atoms with Crippen molar-refractivity contribution >= 4 is 5.97 Å². The number of hydrogen-bond donors (Lipinski definition) is 2. The minimum Gasteiger partial charge on any atom is -0.481 e. The normalized spacial score (nSPS) is 17.2. The van der Waals surface area contributed by atoms with E-state index in [1.54, 1.807) is 0 Å². The van der Waals surface area contributed by atoms with Crippen LogP contribution in [0.3, 0.4) is 0 Å². The summed E-state index contributed by atoms with van der Waals surface area (Å²) in [6, 6.07) is 0. The number of hydrogen-bond acceptors (Lipinski definition) is 2. The summed E-state index contributed by atoms with van der Waals surface area (Å²) in [5, 5.41) is 11.6. The third-order valence-electron chi connectivity index (χ3n) is 3.91. The van der Waals surface area contributed by atoms with E-state index in [0.29, 0.717) is 12.3 Å². The molecular weight excluding hydrogens is 306 g/mol. The van der Waals surface area contributed by atoms with Crippen molar-refractivity contribution in [1.82, 2.24) is 5.32 Å². The average molecular weight is 343 g/mol. The van der Waals surface area contributed by atoms with E-state index in [1.165, 1.54) is 45.1 Å². The summed E-state index contributed by atoms with van der Waals surface area (Å²) in [5.41, 5.74) is 0. The molecule has 0 bridgehead atoms. The van der Waals surface area contributed by atoms with Crippen LogP contribution in [0, 0.1) is 26.7 Å². The Bertz CT molecular complexity index is 213. The molecule has 2 N–H and O–H groups in total. The molecular formula is C17H37FeNO2. The summed E-state index contributed by atoms with van der Waals surface area (Å²) in [6.45, 7) is 1.24. The number of carbonyl (C=O) groups is 1. The van der Waals surface area contributed by atoms with Gasteiger partial charge >= 0.3 is 23.0 Å². The van der Waals surface area contributed by atoms with Gasteiger partial charge in [-0.15, -0.1) is 0 Å². The van der Waals surface area contributed by atoms with Crippen LogP contribution >= 0.6 is 0 Å². The summed E-state index contributed by atoms with van der Waals surface area (Å²) in [7, 11) is 2.04. The first-order valence-corrected chi connectivity index (χ1v) is 7.08. The SMILES string of the molecule is C.CNCC1CCCC1.O=C(O)CC1CCCC1.[CH3-].[CH3-].[Fe+2]. The van der Waals surface area contributed by atoms with E-state index in [1.807, 2.05) is 7.05 Å². The van der Waals surface area contributed by atoms with Crippen LogP contribution in [-0.4, -0.2) is 24.7 Å². The third-order valence-corrected chi connectivity index (χ3v) is 3.91. The van der Waals surface area contributed by atoms with Crippen LogP contribution in [-0.2, 0) is 21.9 Å². The third kappa shape index (κ3) is 14.6. The minimum absolute atomic E-state index is 0. The summed E-state index contributed by atoms with van der Waals surface area (Å²) in [4.78, 5) is 10.2.